The van der Waals surface area contributed by atoms with Crippen molar-refractivity contribution in [1.29, 1.82) is 0 Å². The van der Waals surface area contributed by atoms with Crippen molar-refractivity contribution in [3.05, 3.63) is 37.7 Å². The van der Waals surface area contributed by atoms with Crippen molar-refractivity contribution >= 4 is 60.5 Å². The maximum atomic E-state index is 12.4. The molecule has 0 radical (unpaired) electrons. The smallest absolute Gasteiger partial charge is 0.347 e. The first kappa shape index (κ1) is 16.2. The molecule has 0 fully saturated rings. The molecule has 2 aromatic heterocycles. The Balaban J connectivity index is 2.51. The van der Waals surface area contributed by atoms with Crippen LogP contribution in [0.15, 0.2) is 27.0 Å². The maximum Gasteiger partial charge on any atom is 0.347 e. The third-order valence-electron chi connectivity index (χ3n) is 2.43. The molecule has 0 spiro atoms. The maximum absolute atomic E-state index is 12.4. The number of carbonyl (C=O) groups is 1. The van der Waals surface area contributed by atoms with E-state index in [0.717, 1.165) is 11.3 Å². The van der Waals surface area contributed by atoms with Gasteiger partial charge in [0.2, 0.25) is 0 Å². The van der Waals surface area contributed by atoms with Crippen molar-refractivity contribution in [2.45, 2.75) is 11.8 Å². The zero-order valence-corrected chi connectivity index (χ0v) is 14.4. The Morgan fingerprint density at radius 3 is 2.81 bits per heavy atom. The molecule has 0 aliphatic heterocycles. The number of aromatic nitrogens is 1. The Hall–Kier alpha value is -1.16. The Bertz CT molecular complexity index is 820. The Morgan fingerprint density at radius 1 is 1.52 bits per heavy atom. The summed E-state index contributed by atoms with van der Waals surface area (Å²) in [6.45, 7) is 1.53. The number of aromatic carboxylic acids is 1. The van der Waals surface area contributed by atoms with Crippen LogP contribution in [0, 0.1) is 6.92 Å². The van der Waals surface area contributed by atoms with Crippen molar-refractivity contribution in [1.82, 2.24) is 4.98 Å². The molecule has 6 nitrogen and oxygen atoms in total. The number of rotatable bonds is 4. The molecule has 2 N–H and O–H groups in total. The molecule has 0 aromatic carbocycles. The normalized spacial score (nSPS) is 11.4. The van der Waals surface area contributed by atoms with Gasteiger partial charge >= 0.3 is 5.97 Å². The summed E-state index contributed by atoms with van der Waals surface area (Å²) in [5, 5.41) is 10.5. The van der Waals surface area contributed by atoms with Gasteiger partial charge in [-0.2, -0.15) is 0 Å². The Morgan fingerprint density at radius 2 is 2.19 bits per heavy atom. The number of sulfonamides is 1. The van der Waals surface area contributed by atoms with E-state index in [9.17, 15) is 13.2 Å². The summed E-state index contributed by atoms with van der Waals surface area (Å²) >= 11 is 9.84. The SMILES string of the molecule is Cc1csc(C(=O)O)c1S(=O)(=O)Nc1cc(Br)cnc1Cl. The van der Waals surface area contributed by atoms with Crippen LogP contribution in [0.25, 0.3) is 0 Å². The molecule has 112 valence electrons. The lowest BCUT2D eigenvalue weighted by Crippen LogP contribution is -2.16. The highest BCUT2D eigenvalue weighted by molar-refractivity contribution is 9.10. The average Bonchev–Trinajstić information content (AvgIpc) is 2.76. The first-order valence-electron chi connectivity index (χ1n) is 5.37. The van der Waals surface area contributed by atoms with Crippen LogP contribution in [0.1, 0.15) is 15.2 Å². The topological polar surface area (TPSA) is 96.4 Å². The van der Waals surface area contributed by atoms with E-state index in [-0.39, 0.29) is 20.6 Å². The zero-order valence-electron chi connectivity index (χ0n) is 10.4. The molecule has 2 heterocycles. The summed E-state index contributed by atoms with van der Waals surface area (Å²) in [5.41, 5.74) is 0.414. The number of anilines is 1. The van der Waals surface area contributed by atoms with Gasteiger partial charge in [-0.15, -0.1) is 11.3 Å². The Labute approximate surface area is 138 Å². The average molecular weight is 412 g/mol. The van der Waals surface area contributed by atoms with Crippen LogP contribution >= 0.6 is 38.9 Å². The Kier molecular flexibility index (Phi) is 4.57. The van der Waals surface area contributed by atoms with Gasteiger partial charge in [-0.1, -0.05) is 11.6 Å². The summed E-state index contributed by atoms with van der Waals surface area (Å²) in [6.07, 6.45) is 1.42. The highest BCUT2D eigenvalue weighted by Crippen LogP contribution is 2.31. The molecule has 0 amide bonds. The van der Waals surface area contributed by atoms with Crippen LogP contribution in [0.2, 0.25) is 5.15 Å². The van der Waals surface area contributed by atoms with Crippen molar-refractivity contribution in [2.24, 2.45) is 0 Å². The van der Waals surface area contributed by atoms with Gasteiger partial charge in [-0.25, -0.2) is 18.2 Å². The first-order valence-corrected chi connectivity index (χ1v) is 8.91. The molecule has 0 aliphatic rings. The minimum atomic E-state index is -4.08. The second kappa shape index (κ2) is 5.91. The number of hydrogen-bond acceptors (Lipinski definition) is 5. The predicted molar refractivity (Wildman–Crippen MR) is 83.8 cm³/mol. The molecule has 0 saturated heterocycles. The number of carboxylic acids is 1. The fourth-order valence-corrected chi connectivity index (χ4v) is 4.83. The van der Waals surface area contributed by atoms with Crippen molar-refractivity contribution in [3.8, 4) is 0 Å². The number of nitrogens with one attached hydrogen (secondary N) is 1. The van der Waals surface area contributed by atoms with Crippen molar-refractivity contribution in [3.63, 3.8) is 0 Å². The lowest BCUT2D eigenvalue weighted by molar-refractivity contribution is 0.0698. The summed E-state index contributed by atoms with van der Waals surface area (Å²) in [5.74, 6) is -1.30. The van der Waals surface area contributed by atoms with E-state index in [0.29, 0.717) is 10.0 Å². The molecule has 0 unspecified atom stereocenters. The molecule has 10 heteroatoms. The van der Waals surface area contributed by atoms with E-state index < -0.39 is 16.0 Å². The first-order chi connectivity index (χ1) is 9.72. The number of pyridine rings is 1. The van der Waals surface area contributed by atoms with Gasteiger partial charge in [0.1, 0.15) is 9.77 Å². The predicted octanol–water partition coefficient (Wildman–Crippen LogP) is 3.37. The number of hydrogen-bond donors (Lipinski definition) is 2. The highest BCUT2D eigenvalue weighted by atomic mass is 79.9. The van der Waals surface area contributed by atoms with E-state index in [1.54, 1.807) is 0 Å². The van der Waals surface area contributed by atoms with Crippen LogP contribution in [0.5, 0.6) is 0 Å². The number of aryl methyl sites for hydroxylation is 1. The molecule has 0 aliphatic carbocycles. The summed E-state index contributed by atoms with van der Waals surface area (Å²) in [6, 6.07) is 1.44. The number of nitrogens with zero attached hydrogens (tertiary/aromatic N) is 1. The van der Waals surface area contributed by atoms with E-state index in [1.807, 2.05) is 0 Å². The molecular formula is C11H8BrClN2O4S2. The standard InChI is InChI=1S/C11H8BrClN2O4S2/c1-5-4-20-8(11(16)17)9(5)21(18,19)15-7-2-6(12)3-14-10(7)13/h2-4,15H,1H3,(H,16,17). The monoisotopic (exact) mass is 410 g/mol. The second-order valence-electron chi connectivity index (χ2n) is 3.98. The van der Waals surface area contributed by atoms with Crippen molar-refractivity contribution < 1.29 is 18.3 Å². The summed E-state index contributed by atoms with van der Waals surface area (Å²) in [4.78, 5) is 14.4. The van der Waals surface area contributed by atoms with Gasteiger partial charge in [0, 0.05) is 10.7 Å². The molecular weight excluding hydrogens is 404 g/mol. The fraction of sp³-hybridized carbons (Fsp3) is 0.0909. The molecule has 21 heavy (non-hydrogen) atoms. The van der Waals surface area contributed by atoms with E-state index >= 15 is 0 Å². The molecule has 2 aromatic rings. The third-order valence-corrected chi connectivity index (χ3v) is 5.93. The van der Waals surface area contributed by atoms with Crippen LogP contribution < -0.4 is 4.72 Å². The molecule has 2 rings (SSSR count). The van der Waals surface area contributed by atoms with E-state index in [4.69, 9.17) is 16.7 Å². The second-order valence-corrected chi connectivity index (χ2v) is 7.75. The molecule has 0 bridgehead atoms. The van der Waals surface area contributed by atoms with Gasteiger partial charge in [0.15, 0.2) is 5.15 Å². The minimum absolute atomic E-state index is 0.0356. The van der Waals surface area contributed by atoms with Crippen LogP contribution in [0.3, 0.4) is 0 Å². The van der Waals surface area contributed by atoms with Gasteiger partial charge < -0.3 is 5.11 Å². The summed E-state index contributed by atoms with van der Waals surface area (Å²) in [7, 11) is -4.08. The fourth-order valence-electron chi connectivity index (χ4n) is 1.60. The highest BCUT2D eigenvalue weighted by Gasteiger charge is 2.27. The van der Waals surface area contributed by atoms with Crippen LogP contribution in [0.4, 0.5) is 5.69 Å². The lowest BCUT2D eigenvalue weighted by atomic mass is 10.3. The third kappa shape index (κ3) is 3.37. The number of carboxylic acid groups (broad SMARTS) is 1. The number of halogens is 2. The largest absolute Gasteiger partial charge is 0.477 e. The van der Waals surface area contributed by atoms with Crippen LogP contribution in [-0.2, 0) is 10.0 Å². The minimum Gasteiger partial charge on any atom is -0.477 e. The van der Waals surface area contributed by atoms with Gasteiger partial charge in [0.05, 0.1) is 5.69 Å². The van der Waals surface area contributed by atoms with Gasteiger partial charge in [0.25, 0.3) is 10.0 Å². The quantitative estimate of drug-likeness (QED) is 0.752. The summed E-state index contributed by atoms with van der Waals surface area (Å²) < 4.78 is 27.6. The van der Waals surface area contributed by atoms with Gasteiger partial charge in [-0.05, 0) is 39.9 Å². The lowest BCUT2D eigenvalue weighted by Gasteiger charge is -2.10. The number of thiophene rings is 1. The van der Waals surface area contributed by atoms with Gasteiger partial charge in [-0.3, -0.25) is 4.72 Å². The zero-order chi connectivity index (χ0) is 15.8. The van der Waals surface area contributed by atoms with E-state index in [1.165, 1.54) is 24.6 Å². The van der Waals surface area contributed by atoms with Crippen molar-refractivity contribution in [2.75, 3.05) is 4.72 Å². The molecule has 0 atom stereocenters. The van der Waals surface area contributed by atoms with Crippen LogP contribution in [-0.4, -0.2) is 24.5 Å². The molecule has 0 saturated carbocycles. The van der Waals surface area contributed by atoms with E-state index in [2.05, 4.69) is 25.6 Å².